The SMILES string of the molecule is CCN(CC)CC(=O)N1CCN(C(=O)CNCCOC)CC1. The number of nitrogens with one attached hydrogen (secondary N) is 1. The molecule has 0 atom stereocenters. The van der Waals surface area contributed by atoms with Gasteiger partial charge in [-0.3, -0.25) is 14.5 Å². The van der Waals surface area contributed by atoms with Crippen molar-refractivity contribution in [2.24, 2.45) is 0 Å². The van der Waals surface area contributed by atoms with E-state index in [0.29, 0.717) is 52.4 Å². The van der Waals surface area contributed by atoms with Gasteiger partial charge in [-0.2, -0.15) is 0 Å². The van der Waals surface area contributed by atoms with Crippen LogP contribution in [0.15, 0.2) is 0 Å². The van der Waals surface area contributed by atoms with Crippen molar-refractivity contribution in [1.29, 1.82) is 0 Å². The van der Waals surface area contributed by atoms with Gasteiger partial charge in [-0.1, -0.05) is 13.8 Å². The summed E-state index contributed by atoms with van der Waals surface area (Å²) in [5.74, 6) is 0.251. The summed E-state index contributed by atoms with van der Waals surface area (Å²) in [4.78, 5) is 30.0. The molecule has 22 heavy (non-hydrogen) atoms. The summed E-state index contributed by atoms with van der Waals surface area (Å²) in [7, 11) is 1.64. The Morgan fingerprint density at radius 2 is 1.59 bits per heavy atom. The van der Waals surface area contributed by atoms with Gasteiger partial charge >= 0.3 is 0 Å². The topological polar surface area (TPSA) is 65.1 Å². The minimum atomic E-state index is 0.0898. The molecule has 0 aromatic rings. The van der Waals surface area contributed by atoms with E-state index in [4.69, 9.17) is 4.74 Å². The molecule has 128 valence electrons. The van der Waals surface area contributed by atoms with Crippen molar-refractivity contribution in [3.63, 3.8) is 0 Å². The molecule has 7 heteroatoms. The van der Waals surface area contributed by atoms with Crippen LogP contribution in [0.3, 0.4) is 0 Å². The first-order valence-electron chi connectivity index (χ1n) is 8.09. The summed E-state index contributed by atoms with van der Waals surface area (Å²) in [5.41, 5.74) is 0. The number of methoxy groups -OCH3 is 1. The fourth-order valence-electron chi connectivity index (χ4n) is 2.43. The van der Waals surface area contributed by atoms with Crippen molar-refractivity contribution in [1.82, 2.24) is 20.0 Å². The number of carbonyl (C=O) groups is 2. The Hall–Kier alpha value is -1.18. The lowest BCUT2D eigenvalue weighted by molar-refractivity contribution is -0.139. The number of ether oxygens (including phenoxy) is 1. The second-order valence-electron chi connectivity index (χ2n) is 5.39. The average molecular weight is 314 g/mol. The third-order valence-corrected chi connectivity index (χ3v) is 4.00. The maximum atomic E-state index is 12.2. The smallest absolute Gasteiger partial charge is 0.236 e. The third-order valence-electron chi connectivity index (χ3n) is 4.00. The number of rotatable bonds is 9. The molecule has 1 aliphatic heterocycles. The summed E-state index contributed by atoms with van der Waals surface area (Å²) in [6.45, 7) is 10.5. The zero-order chi connectivity index (χ0) is 16.4. The summed E-state index contributed by atoms with van der Waals surface area (Å²) < 4.78 is 4.92. The number of amides is 2. The molecular formula is C15H30N4O3. The van der Waals surface area contributed by atoms with Crippen LogP contribution in [0.25, 0.3) is 0 Å². The lowest BCUT2D eigenvalue weighted by atomic mass is 10.3. The molecule has 0 bridgehead atoms. The van der Waals surface area contributed by atoms with Crippen LogP contribution in [-0.4, -0.2) is 99.1 Å². The zero-order valence-corrected chi connectivity index (χ0v) is 14.1. The van der Waals surface area contributed by atoms with Gasteiger partial charge < -0.3 is 19.9 Å². The summed E-state index contributed by atoms with van der Waals surface area (Å²) in [6.07, 6.45) is 0. The van der Waals surface area contributed by atoms with E-state index in [1.165, 1.54) is 0 Å². The standard InChI is InChI=1S/C15H30N4O3/c1-4-17(5-2)13-15(21)19-9-7-18(8-10-19)14(20)12-16-6-11-22-3/h16H,4-13H2,1-3H3. The fraction of sp³-hybridized carbons (Fsp3) is 0.867. The van der Waals surface area contributed by atoms with Gasteiger partial charge in [-0.25, -0.2) is 0 Å². The molecule has 2 amide bonds. The van der Waals surface area contributed by atoms with Gasteiger partial charge in [0, 0.05) is 39.8 Å². The third kappa shape index (κ3) is 6.29. The maximum absolute atomic E-state index is 12.2. The van der Waals surface area contributed by atoms with Crippen LogP contribution >= 0.6 is 0 Å². The van der Waals surface area contributed by atoms with Crippen molar-refractivity contribution < 1.29 is 14.3 Å². The van der Waals surface area contributed by atoms with E-state index < -0.39 is 0 Å². The van der Waals surface area contributed by atoms with Crippen molar-refractivity contribution in [2.45, 2.75) is 13.8 Å². The van der Waals surface area contributed by atoms with Gasteiger partial charge in [0.05, 0.1) is 19.7 Å². The van der Waals surface area contributed by atoms with E-state index in [1.807, 2.05) is 9.80 Å². The Kier molecular flexibility index (Phi) is 9.03. The van der Waals surface area contributed by atoms with Gasteiger partial charge in [0.2, 0.25) is 11.8 Å². The molecule has 0 saturated carbocycles. The first-order valence-corrected chi connectivity index (χ1v) is 8.09. The maximum Gasteiger partial charge on any atom is 0.236 e. The first kappa shape index (κ1) is 18.9. The molecule has 0 unspecified atom stereocenters. The predicted molar refractivity (Wildman–Crippen MR) is 85.7 cm³/mol. The highest BCUT2D eigenvalue weighted by Crippen LogP contribution is 2.03. The van der Waals surface area contributed by atoms with E-state index >= 15 is 0 Å². The second-order valence-corrected chi connectivity index (χ2v) is 5.39. The highest BCUT2D eigenvalue weighted by Gasteiger charge is 2.24. The molecule has 1 fully saturated rings. The molecule has 0 radical (unpaired) electrons. The molecule has 0 aromatic heterocycles. The van der Waals surface area contributed by atoms with E-state index in [-0.39, 0.29) is 11.8 Å². The molecule has 1 N–H and O–H groups in total. The number of likely N-dealkylation sites (N-methyl/N-ethyl adjacent to an activating group) is 1. The quantitative estimate of drug-likeness (QED) is 0.567. The monoisotopic (exact) mass is 314 g/mol. The van der Waals surface area contributed by atoms with Crippen molar-refractivity contribution in [3.05, 3.63) is 0 Å². The largest absolute Gasteiger partial charge is 0.383 e. The van der Waals surface area contributed by atoms with Gasteiger partial charge in [-0.05, 0) is 13.1 Å². The van der Waals surface area contributed by atoms with Crippen LogP contribution < -0.4 is 5.32 Å². The van der Waals surface area contributed by atoms with Crippen molar-refractivity contribution >= 4 is 11.8 Å². The van der Waals surface area contributed by atoms with Crippen LogP contribution in [-0.2, 0) is 14.3 Å². The van der Waals surface area contributed by atoms with E-state index in [2.05, 4.69) is 24.1 Å². The summed E-state index contributed by atoms with van der Waals surface area (Å²) in [6, 6.07) is 0. The Bertz CT molecular complexity index is 340. The lowest BCUT2D eigenvalue weighted by Gasteiger charge is -2.35. The number of nitrogens with zero attached hydrogens (tertiary/aromatic N) is 3. The molecule has 0 aliphatic carbocycles. The Balaban J connectivity index is 2.27. The summed E-state index contributed by atoms with van der Waals surface area (Å²) in [5, 5.41) is 3.06. The molecule has 1 aliphatic rings. The van der Waals surface area contributed by atoms with Gasteiger partial charge in [0.15, 0.2) is 0 Å². The number of hydrogen-bond donors (Lipinski definition) is 1. The second kappa shape index (κ2) is 10.5. The van der Waals surface area contributed by atoms with Crippen LogP contribution in [0, 0.1) is 0 Å². The molecule has 0 spiro atoms. The fourth-order valence-corrected chi connectivity index (χ4v) is 2.43. The van der Waals surface area contributed by atoms with E-state index in [0.717, 1.165) is 13.1 Å². The molecule has 1 saturated heterocycles. The minimum absolute atomic E-state index is 0.0898. The van der Waals surface area contributed by atoms with E-state index in [9.17, 15) is 9.59 Å². The highest BCUT2D eigenvalue weighted by atomic mass is 16.5. The molecular weight excluding hydrogens is 284 g/mol. The van der Waals surface area contributed by atoms with Gasteiger partial charge in [0.1, 0.15) is 0 Å². The Morgan fingerprint density at radius 1 is 1.05 bits per heavy atom. The molecule has 0 aromatic carbocycles. The van der Waals surface area contributed by atoms with Crippen LogP contribution in [0.2, 0.25) is 0 Å². The lowest BCUT2D eigenvalue weighted by Crippen LogP contribution is -2.54. The number of piperazine rings is 1. The minimum Gasteiger partial charge on any atom is -0.383 e. The normalized spacial score (nSPS) is 15.5. The first-order chi connectivity index (χ1) is 10.6. The average Bonchev–Trinajstić information content (AvgIpc) is 2.56. The Morgan fingerprint density at radius 3 is 2.09 bits per heavy atom. The molecule has 1 heterocycles. The molecule has 7 nitrogen and oxygen atoms in total. The van der Waals surface area contributed by atoms with Crippen molar-refractivity contribution in [2.75, 3.05) is 72.6 Å². The Labute approximate surface area is 133 Å². The number of hydrogen-bond acceptors (Lipinski definition) is 5. The van der Waals surface area contributed by atoms with Gasteiger partial charge in [-0.15, -0.1) is 0 Å². The molecule has 1 rings (SSSR count). The zero-order valence-electron chi connectivity index (χ0n) is 14.1. The van der Waals surface area contributed by atoms with Gasteiger partial charge in [0.25, 0.3) is 0 Å². The summed E-state index contributed by atoms with van der Waals surface area (Å²) >= 11 is 0. The number of carbonyl (C=O) groups excluding carboxylic acids is 2. The highest BCUT2D eigenvalue weighted by molar-refractivity contribution is 5.80. The van der Waals surface area contributed by atoms with E-state index in [1.54, 1.807) is 7.11 Å². The van der Waals surface area contributed by atoms with Crippen LogP contribution in [0.1, 0.15) is 13.8 Å². The van der Waals surface area contributed by atoms with Crippen LogP contribution in [0.4, 0.5) is 0 Å². The predicted octanol–water partition coefficient (Wildman–Crippen LogP) is -0.765. The van der Waals surface area contributed by atoms with Crippen molar-refractivity contribution in [3.8, 4) is 0 Å². The van der Waals surface area contributed by atoms with Crippen LogP contribution in [0.5, 0.6) is 0 Å².